The fraction of sp³-hybridized carbons (Fsp3) is 0.182. The zero-order chi connectivity index (χ0) is 10.3. The van der Waals surface area contributed by atoms with Gasteiger partial charge < -0.3 is 5.32 Å². The minimum absolute atomic E-state index is 0.947. The summed E-state index contributed by atoms with van der Waals surface area (Å²) in [6.07, 6.45) is 2.92. The summed E-state index contributed by atoms with van der Waals surface area (Å²) >= 11 is 3.56. The summed E-state index contributed by atoms with van der Waals surface area (Å²) in [5, 5.41) is 10.6. The van der Waals surface area contributed by atoms with Gasteiger partial charge in [0.15, 0.2) is 0 Å². The molecule has 2 heterocycles. The number of hydrogen-bond acceptors (Lipinski definition) is 2. The van der Waals surface area contributed by atoms with Crippen LogP contribution in [-0.2, 0) is 6.42 Å². The molecule has 76 valence electrons. The molecule has 0 spiro atoms. The van der Waals surface area contributed by atoms with Crippen molar-refractivity contribution >= 4 is 21.6 Å². The van der Waals surface area contributed by atoms with Crippen molar-refractivity contribution in [3.63, 3.8) is 0 Å². The summed E-state index contributed by atoms with van der Waals surface area (Å²) < 4.78 is 1.10. The molecule has 3 rings (SSSR count). The molecule has 2 aromatic rings. The zero-order valence-electron chi connectivity index (χ0n) is 8.05. The maximum Gasteiger partial charge on any atom is 0.0703 e. The molecule has 0 atom stereocenters. The van der Waals surface area contributed by atoms with E-state index in [1.165, 1.54) is 11.1 Å². The van der Waals surface area contributed by atoms with Crippen molar-refractivity contribution in [1.29, 1.82) is 0 Å². The van der Waals surface area contributed by atoms with Crippen LogP contribution in [0, 0.1) is 0 Å². The van der Waals surface area contributed by atoms with Crippen molar-refractivity contribution < 1.29 is 0 Å². The number of benzene rings is 1. The second-order valence-corrected chi connectivity index (χ2v) is 4.46. The first-order valence-electron chi connectivity index (χ1n) is 4.91. The number of anilines is 1. The van der Waals surface area contributed by atoms with Crippen molar-refractivity contribution in [2.75, 3.05) is 11.9 Å². The van der Waals surface area contributed by atoms with E-state index in [9.17, 15) is 0 Å². The quantitative estimate of drug-likeness (QED) is 0.768. The molecule has 2 N–H and O–H groups in total. The van der Waals surface area contributed by atoms with E-state index in [0.29, 0.717) is 0 Å². The minimum atomic E-state index is 0.947. The third-order valence-corrected chi connectivity index (χ3v) is 3.36. The summed E-state index contributed by atoms with van der Waals surface area (Å²) in [7, 11) is 0. The molecule has 0 bridgehead atoms. The van der Waals surface area contributed by atoms with E-state index in [1.54, 1.807) is 0 Å². The Morgan fingerprint density at radius 3 is 3.20 bits per heavy atom. The molecule has 3 nitrogen and oxygen atoms in total. The van der Waals surface area contributed by atoms with Crippen LogP contribution in [0.4, 0.5) is 5.69 Å². The van der Waals surface area contributed by atoms with Crippen LogP contribution in [0.3, 0.4) is 0 Å². The van der Waals surface area contributed by atoms with Gasteiger partial charge in [-0.1, -0.05) is 12.1 Å². The number of para-hydroxylation sites is 1. The molecular formula is C11H10BrN3. The predicted molar refractivity (Wildman–Crippen MR) is 63.9 cm³/mol. The molecule has 0 fully saturated rings. The van der Waals surface area contributed by atoms with Crippen molar-refractivity contribution in [3.05, 3.63) is 34.4 Å². The molecule has 1 aliphatic rings. The van der Waals surface area contributed by atoms with E-state index in [2.05, 4.69) is 37.5 Å². The highest BCUT2D eigenvalue weighted by atomic mass is 79.9. The van der Waals surface area contributed by atoms with Crippen LogP contribution >= 0.6 is 15.9 Å². The highest BCUT2D eigenvalue weighted by Crippen LogP contribution is 2.36. The third-order valence-electron chi connectivity index (χ3n) is 2.70. The Morgan fingerprint density at radius 2 is 2.27 bits per heavy atom. The SMILES string of the molecule is Brc1cccc2c1NCCc1cn[nH]c1-2. The Balaban J connectivity index is 2.29. The smallest absolute Gasteiger partial charge is 0.0703 e. The molecule has 4 heteroatoms. The Labute approximate surface area is 96.0 Å². The number of fused-ring (bicyclic) bond motifs is 3. The Kier molecular flexibility index (Phi) is 2.02. The maximum absolute atomic E-state index is 4.11. The Hall–Kier alpha value is -1.29. The van der Waals surface area contributed by atoms with Crippen molar-refractivity contribution in [2.24, 2.45) is 0 Å². The molecule has 1 aromatic carbocycles. The van der Waals surface area contributed by atoms with Gasteiger partial charge in [-0.25, -0.2) is 0 Å². The minimum Gasteiger partial charge on any atom is -0.383 e. The fourth-order valence-electron chi connectivity index (χ4n) is 1.97. The van der Waals surface area contributed by atoms with Crippen LogP contribution in [0.25, 0.3) is 11.3 Å². The van der Waals surface area contributed by atoms with E-state index in [-0.39, 0.29) is 0 Å². The monoisotopic (exact) mass is 263 g/mol. The number of H-pyrrole nitrogens is 1. The largest absolute Gasteiger partial charge is 0.383 e. The van der Waals surface area contributed by atoms with Crippen molar-refractivity contribution in [3.8, 4) is 11.3 Å². The summed E-state index contributed by atoms with van der Waals surface area (Å²) in [4.78, 5) is 0. The van der Waals surface area contributed by atoms with E-state index < -0.39 is 0 Å². The highest BCUT2D eigenvalue weighted by Gasteiger charge is 2.16. The summed E-state index contributed by atoms with van der Waals surface area (Å²) in [5.41, 5.74) is 4.76. The molecule has 0 saturated carbocycles. The first-order valence-corrected chi connectivity index (χ1v) is 5.70. The number of aromatic nitrogens is 2. The van der Waals surface area contributed by atoms with Gasteiger partial charge in [-0.2, -0.15) is 5.10 Å². The molecule has 0 saturated heterocycles. The van der Waals surface area contributed by atoms with Crippen LogP contribution in [0.15, 0.2) is 28.9 Å². The molecule has 15 heavy (non-hydrogen) atoms. The summed E-state index contributed by atoms with van der Waals surface area (Å²) in [5.74, 6) is 0. The van der Waals surface area contributed by atoms with Gasteiger partial charge in [0.2, 0.25) is 0 Å². The Morgan fingerprint density at radius 1 is 1.33 bits per heavy atom. The molecule has 0 unspecified atom stereocenters. The van der Waals surface area contributed by atoms with Gasteiger partial charge in [-0.3, -0.25) is 5.10 Å². The average Bonchev–Trinajstić information content (AvgIpc) is 2.62. The molecule has 0 aliphatic carbocycles. The molecular weight excluding hydrogens is 254 g/mol. The third kappa shape index (κ3) is 1.36. The molecule has 1 aliphatic heterocycles. The van der Waals surface area contributed by atoms with Gasteiger partial charge in [0, 0.05) is 16.6 Å². The topological polar surface area (TPSA) is 40.7 Å². The van der Waals surface area contributed by atoms with Gasteiger partial charge in [0.05, 0.1) is 17.6 Å². The number of nitrogens with zero attached hydrogens (tertiary/aromatic N) is 1. The van der Waals surface area contributed by atoms with Crippen LogP contribution in [-0.4, -0.2) is 16.7 Å². The highest BCUT2D eigenvalue weighted by molar-refractivity contribution is 9.10. The first kappa shape index (κ1) is 8.97. The maximum atomic E-state index is 4.11. The second-order valence-electron chi connectivity index (χ2n) is 3.61. The van der Waals surface area contributed by atoms with Crippen LogP contribution < -0.4 is 5.32 Å². The van der Waals surface area contributed by atoms with E-state index in [4.69, 9.17) is 0 Å². The van der Waals surface area contributed by atoms with Crippen molar-refractivity contribution in [1.82, 2.24) is 10.2 Å². The fourth-order valence-corrected chi connectivity index (χ4v) is 2.47. The van der Waals surface area contributed by atoms with E-state index in [0.717, 1.165) is 28.8 Å². The molecule has 0 amide bonds. The lowest BCUT2D eigenvalue weighted by atomic mass is 10.1. The van der Waals surface area contributed by atoms with Crippen LogP contribution in [0.5, 0.6) is 0 Å². The van der Waals surface area contributed by atoms with Gasteiger partial charge in [0.1, 0.15) is 0 Å². The second kappa shape index (κ2) is 3.38. The van der Waals surface area contributed by atoms with Crippen LogP contribution in [0.1, 0.15) is 5.56 Å². The van der Waals surface area contributed by atoms with Gasteiger partial charge in [0.25, 0.3) is 0 Å². The van der Waals surface area contributed by atoms with Gasteiger partial charge in [-0.05, 0) is 34.0 Å². The van der Waals surface area contributed by atoms with E-state index in [1.807, 2.05) is 18.3 Å². The summed E-state index contributed by atoms with van der Waals surface area (Å²) in [6, 6.07) is 6.20. The molecule has 0 radical (unpaired) electrons. The Bertz CT molecular complexity index is 504. The van der Waals surface area contributed by atoms with Gasteiger partial charge in [-0.15, -0.1) is 0 Å². The average molecular weight is 264 g/mol. The number of nitrogens with one attached hydrogen (secondary N) is 2. The molecule has 1 aromatic heterocycles. The number of rotatable bonds is 0. The lowest BCUT2D eigenvalue weighted by Gasteiger charge is -2.09. The van der Waals surface area contributed by atoms with E-state index >= 15 is 0 Å². The zero-order valence-corrected chi connectivity index (χ0v) is 9.63. The lowest BCUT2D eigenvalue weighted by molar-refractivity contribution is 1.03. The van der Waals surface area contributed by atoms with Crippen LogP contribution in [0.2, 0.25) is 0 Å². The first-order chi connectivity index (χ1) is 7.36. The number of aromatic amines is 1. The number of hydrogen-bond donors (Lipinski definition) is 2. The predicted octanol–water partition coefficient (Wildman–Crippen LogP) is 2.81. The lowest BCUT2D eigenvalue weighted by Crippen LogP contribution is -2.02. The van der Waals surface area contributed by atoms with Gasteiger partial charge >= 0.3 is 0 Å². The standard InChI is InChI=1S/C11H10BrN3/c12-9-3-1-2-8-10-7(6-14-15-10)4-5-13-11(8)9/h1-3,6,13H,4-5H2,(H,14,15). The number of halogens is 1. The normalized spacial score (nSPS) is 13.7. The summed E-state index contributed by atoms with van der Waals surface area (Å²) in [6.45, 7) is 0.947. The van der Waals surface area contributed by atoms with Crippen molar-refractivity contribution in [2.45, 2.75) is 6.42 Å².